The number of hydrogen-bond acceptors (Lipinski definition) is 4. The summed E-state index contributed by atoms with van der Waals surface area (Å²) in [6.45, 7) is 2.13. The predicted octanol–water partition coefficient (Wildman–Crippen LogP) is 0.820. The molecule has 2 aromatic heterocycles. The van der Waals surface area contributed by atoms with E-state index in [1.807, 2.05) is 6.20 Å². The van der Waals surface area contributed by atoms with E-state index in [-0.39, 0.29) is 0 Å². The number of rotatable bonds is 1. The van der Waals surface area contributed by atoms with Gasteiger partial charge in [0.15, 0.2) is 5.65 Å². The van der Waals surface area contributed by atoms with Gasteiger partial charge in [0, 0.05) is 12.1 Å². The molecule has 0 bridgehead atoms. The monoisotopic (exact) mass is 203 g/mol. The lowest BCUT2D eigenvalue weighted by Gasteiger charge is -2.20. The lowest BCUT2D eigenvalue weighted by Crippen LogP contribution is -2.27. The second kappa shape index (κ2) is 3.58. The molecule has 2 aromatic rings. The average molecular weight is 203 g/mol. The van der Waals surface area contributed by atoms with E-state index >= 15 is 0 Å². The fourth-order valence-corrected chi connectivity index (χ4v) is 2.03. The Morgan fingerprint density at radius 3 is 2.93 bits per heavy atom. The van der Waals surface area contributed by atoms with Crippen LogP contribution in [-0.4, -0.2) is 33.3 Å². The molecule has 2 N–H and O–H groups in total. The van der Waals surface area contributed by atoms with Gasteiger partial charge >= 0.3 is 0 Å². The minimum absolute atomic E-state index is 0.499. The molecule has 3 heterocycles. The smallest absolute Gasteiger partial charge is 0.158 e. The third-order valence-electron chi connectivity index (χ3n) is 2.91. The molecule has 3 rings (SSSR count). The Morgan fingerprint density at radius 2 is 2.07 bits per heavy atom. The highest BCUT2D eigenvalue weighted by Gasteiger charge is 2.18. The van der Waals surface area contributed by atoms with Gasteiger partial charge in [-0.05, 0) is 25.9 Å². The topological polar surface area (TPSA) is 66.5 Å². The first-order valence-corrected chi connectivity index (χ1v) is 5.30. The highest BCUT2D eigenvalue weighted by Crippen LogP contribution is 2.22. The molecule has 1 aliphatic rings. The van der Waals surface area contributed by atoms with E-state index < -0.39 is 0 Å². The largest absolute Gasteiger partial charge is 0.317 e. The molecule has 0 aliphatic carbocycles. The Bertz CT molecular complexity index is 458. The summed E-state index contributed by atoms with van der Waals surface area (Å²) in [5, 5.41) is 11.2. The fraction of sp³-hybridized carbons (Fsp3) is 0.500. The summed E-state index contributed by atoms with van der Waals surface area (Å²) < 4.78 is 0. The Kier molecular flexibility index (Phi) is 2.10. The molecule has 0 radical (unpaired) electrons. The van der Waals surface area contributed by atoms with E-state index in [4.69, 9.17) is 0 Å². The maximum Gasteiger partial charge on any atom is 0.158 e. The van der Waals surface area contributed by atoms with E-state index in [9.17, 15) is 0 Å². The molecule has 5 heteroatoms. The summed E-state index contributed by atoms with van der Waals surface area (Å²) in [7, 11) is 0. The molecule has 5 nitrogen and oxygen atoms in total. The third-order valence-corrected chi connectivity index (χ3v) is 2.91. The van der Waals surface area contributed by atoms with Crippen molar-refractivity contribution in [1.29, 1.82) is 0 Å². The first-order chi connectivity index (χ1) is 7.43. The van der Waals surface area contributed by atoms with Crippen molar-refractivity contribution in [1.82, 2.24) is 25.5 Å². The van der Waals surface area contributed by atoms with E-state index in [1.165, 1.54) is 0 Å². The van der Waals surface area contributed by atoms with Crippen LogP contribution >= 0.6 is 0 Å². The van der Waals surface area contributed by atoms with Crippen LogP contribution in [0.2, 0.25) is 0 Å². The zero-order valence-electron chi connectivity index (χ0n) is 8.40. The molecule has 1 saturated heterocycles. The van der Waals surface area contributed by atoms with E-state index in [2.05, 4.69) is 25.5 Å². The highest BCUT2D eigenvalue weighted by atomic mass is 15.1. The van der Waals surface area contributed by atoms with Crippen molar-refractivity contribution in [2.75, 3.05) is 13.1 Å². The van der Waals surface area contributed by atoms with Crippen LogP contribution in [0.5, 0.6) is 0 Å². The second-order valence-electron chi connectivity index (χ2n) is 3.93. The Hall–Kier alpha value is -1.49. The van der Waals surface area contributed by atoms with Gasteiger partial charge in [-0.25, -0.2) is 9.97 Å². The number of piperidine rings is 1. The number of H-pyrrole nitrogens is 1. The van der Waals surface area contributed by atoms with Gasteiger partial charge in [-0.3, -0.25) is 5.10 Å². The summed E-state index contributed by atoms with van der Waals surface area (Å²) in [4.78, 5) is 8.91. The zero-order chi connectivity index (χ0) is 10.1. The maximum atomic E-state index is 4.50. The normalized spacial score (nSPS) is 18.4. The minimum Gasteiger partial charge on any atom is -0.317 e. The average Bonchev–Trinajstić information content (AvgIpc) is 2.77. The number of aromatic amines is 1. The molecule has 78 valence electrons. The third kappa shape index (κ3) is 1.59. The molecular weight excluding hydrogens is 190 g/mol. The van der Waals surface area contributed by atoms with Gasteiger partial charge in [-0.1, -0.05) is 0 Å². The van der Waals surface area contributed by atoms with Crippen molar-refractivity contribution in [3.05, 3.63) is 18.2 Å². The Labute approximate surface area is 87.3 Å². The van der Waals surface area contributed by atoms with Crippen molar-refractivity contribution >= 4 is 11.0 Å². The van der Waals surface area contributed by atoms with Gasteiger partial charge in [-0.2, -0.15) is 5.10 Å². The van der Waals surface area contributed by atoms with Crippen LogP contribution in [0.15, 0.2) is 12.4 Å². The van der Waals surface area contributed by atoms with E-state index in [0.717, 1.165) is 42.8 Å². The number of aromatic nitrogens is 4. The Balaban J connectivity index is 1.95. The summed E-state index contributed by atoms with van der Waals surface area (Å²) in [5.41, 5.74) is 0.846. The molecular formula is C10H13N5. The summed E-state index contributed by atoms with van der Waals surface area (Å²) >= 11 is 0. The summed E-state index contributed by atoms with van der Waals surface area (Å²) in [6, 6.07) is 0. The maximum absolute atomic E-state index is 4.50. The van der Waals surface area contributed by atoms with Crippen LogP contribution in [0, 0.1) is 0 Å². The molecule has 0 atom stereocenters. The highest BCUT2D eigenvalue weighted by molar-refractivity contribution is 5.72. The fourth-order valence-electron chi connectivity index (χ4n) is 2.03. The van der Waals surface area contributed by atoms with Gasteiger partial charge < -0.3 is 5.32 Å². The van der Waals surface area contributed by atoms with Crippen LogP contribution in [0.25, 0.3) is 11.0 Å². The standard InChI is InChI=1S/C10H13N5/c1-3-11-4-2-7(1)9-12-5-8-6-13-15-10(8)14-9/h5-7,11H,1-4H2,(H,12,13,14,15). The molecule has 0 spiro atoms. The minimum atomic E-state index is 0.499. The van der Waals surface area contributed by atoms with Crippen LogP contribution in [-0.2, 0) is 0 Å². The molecule has 0 aromatic carbocycles. The molecule has 1 fully saturated rings. The first-order valence-electron chi connectivity index (χ1n) is 5.30. The van der Waals surface area contributed by atoms with Crippen LogP contribution in [0.1, 0.15) is 24.6 Å². The molecule has 0 saturated carbocycles. The van der Waals surface area contributed by atoms with Crippen molar-refractivity contribution in [3.63, 3.8) is 0 Å². The Morgan fingerprint density at radius 1 is 1.20 bits per heavy atom. The molecule has 0 unspecified atom stereocenters. The van der Waals surface area contributed by atoms with Gasteiger partial charge in [-0.15, -0.1) is 0 Å². The van der Waals surface area contributed by atoms with Crippen LogP contribution < -0.4 is 5.32 Å². The SMILES string of the molecule is c1n[nH]c2nc(C3CCNCC3)ncc12. The zero-order valence-corrected chi connectivity index (χ0v) is 8.40. The van der Waals surface area contributed by atoms with Crippen molar-refractivity contribution in [3.8, 4) is 0 Å². The number of nitrogens with zero attached hydrogens (tertiary/aromatic N) is 3. The second-order valence-corrected chi connectivity index (χ2v) is 3.93. The van der Waals surface area contributed by atoms with Crippen molar-refractivity contribution in [2.24, 2.45) is 0 Å². The van der Waals surface area contributed by atoms with Crippen molar-refractivity contribution in [2.45, 2.75) is 18.8 Å². The summed E-state index contributed by atoms with van der Waals surface area (Å²) in [6.07, 6.45) is 5.85. The molecule has 1 aliphatic heterocycles. The van der Waals surface area contributed by atoms with E-state index in [1.54, 1.807) is 6.20 Å². The van der Waals surface area contributed by atoms with Crippen LogP contribution in [0.3, 0.4) is 0 Å². The quantitative estimate of drug-likeness (QED) is 0.720. The number of nitrogens with one attached hydrogen (secondary N) is 2. The van der Waals surface area contributed by atoms with Gasteiger partial charge in [0.1, 0.15) is 5.82 Å². The van der Waals surface area contributed by atoms with Gasteiger partial charge in [0.25, 0.3) is 0 Å². The van der Waals surface area contributed by atoms with Gasteiger partial charge in [0.2, 0.25) is 0 Å². The summed E-state index contributed by atoms with van der Waals surface area (Å²) in [5.74, 6) is 1.45. The predicted molar refractivity (Wildman–Crippen MR) is 56.5 cm³/mol. The molecule has 15 heavy (non-hydrogen) atoms. The first kappa shape index (κ1) is 8.79. The lowest BCUT2D eigenvalue weighted by molar-refractivity contribution is 0.446. The van der Waals surface area contributed by atoms with Crippen LogP contribution in [0.4, 0.5) is 0 Å². The molecule has 0 amide bonds. The van der Waals surface area contributed by atoms with E-state index in [0.29, 0.717) is 5.92 Å². The number of hydrogen-bond donors (Lipinski definition) is 2. The van der Waals surface area contributed by atoms with Crippen molar-refractivity contribution < 1.29 is 0 Å². The van der Waals surface area contributed by atoms with Gasteiger partial charge in [0.05, 0.1) is 11.6 Å². The lowest BCUT2D eigenvalue weighted by atomic mass is 9.97. The number of fused-ring (bicyclic) bond motifs is 1.